The molecule has 6 heteroatoms. The van der Waals surface area contributed by atoms with Gasteiger partial charge in [-0.25, -0.2) is 4.68 Å². The molecule has 2 aliphatic carbocycles. The number of nitrogens with two attached hydrogens (primary N) is 1. The van der Waals surface area contributed by atoms with Gasteiger partial charge in [-0.15, -0.1) is 5.10 Å². The van der Waals surface area contributed by atoms with E-state index >= 15 is 0 Å². The van der Waals surface area contributed by atoms with Crippen LogP contribution in [0.1, 0.15) is 72.0 Å². The molecule has 3 rings (SSSR count). The maximum Gasteiger partial charge on any atom is 0.327 e. The Labute approximate surface area is 161 Å². The number of nitrogens with zero attached hydrogens (tertiary/aromatic N) is 3. The van der Waals surface area contributed by atoms with Gasteiger partial charge in [0.25, 0.3) is 0 Å². The van der Waals surface area contributed by atoms with Gasteiger partial charge in [-0.1, -0.05) is 44.2 Å². The van der Waals surface area contributed by atoms with Gasteiger partial charge in [-0.05, 0) is 50.5 Å². The normalized spacial score (nSPS) is 22.5. The molecule has 148 valence electrons. The summed E-state index contributed by atoms with van der Waals surface area (Å²) in [6.07, 6.45) is 11.6. The Morgan fingerprint density at radius 2 is 2.07 bits per heavy atom. The zero-order chi connectivity index (χ0) is 19.8. The van der Waals surface area contributed by atoms with Crippen molar-refractivity contribution in [3.8, 4) is 0 Å². The second-order valence-corrected chi connectivity index (χ2v) is 9.41. The molecule has 0 aliphatic heterocycles. The lowest BCUT2D eigenvalue weighted by molar-refractivity contribution is -0.157. The van der Waals surface area contributed by atoms with E-state index in [1.54, 1.807) is 0 Å². The number of aromatic nitrogens is 3. The first-order chi connectivity index (χ1) is 12.6. The summed E-state index contributed by atoms with van der Waals surface area (Å²) >= 11 is 0. The topological polar surface area (TPSA) is 83.0 Å². The van der Waals surface area contributed by atoms with Gasteiger partial charge in [0.2, 0.25) is 0 Å². The number of esters is 1. The highest BCUT2D eigenvalue weighted by atomic mass is 16.5. The molecule has 0 saturated heterocycles. The van der Waals surface area contributed by atoms with Crippen LogP contribution in [0.2, 0.25) is 0 Å². The Balaban J connectivity index is 1.77. The minimum absolute atomic E-state index is 0.0878. The van der Waals surface area contributed by atoms with E-state index in [2.05, 4.69) is 37.2 Å². The molecule has 1 unspecified atom stereocenters. The van der Waals surface area contributed by atoms with Crippen molar-refractivity contribution in [1.82, 2.24) is 15.0 Å². The van der Waals surface area contributed by atoms with Crippen LogP contribution in [-0.4, -0.2) is 32.6 Å². The van der Waals surface area contributed by atoms with Gasteiger partial charge in [0.05, 0.1) is 18.3 Å². The van der Waals surface area contributed by atoms with E-state index in [1.165, 1.54) is 12.8 Å². The Morgan fingerprint density at radius 1 is 1.37 bits per heavy atom. The van der Waals surface area contributed by atoms with Crippen LogP contribution < -0.4 is 5.73 Å². The highest BCUT2D eigenvalue weighted by molar-refractivity contribution is 5.82. The summed E-state index contributed by atoms with van der Waals surface area (Å²) in [5, 5.41) is 8.52. The third kappa shape index (κ3) is 4.67. The number of carbonyl (C=O) groups excluding carboxylic acids is 1. The summed E-state index contributed by atoms with van der Waals surface area (Å²) in [4.78, 5) is 12.9. The summed E-state index contributed by atoms with van der Waals surface area (Å²) in [5.74, 6) is -0.427. The van der Waals surface area contributed by atoms with Crippen molar-refractivity contribution >= 4 is 11.5 Å². The van der Waals surface area contributed by atoms with Crippen LogP contribution in [0.3, 0.4) is 0 Å². The summed E-state index contributed by atoms with van der Waals surface area (Å²) in [7, 11) is 0. The van der Waals surface area contributed by atoms with Crippen LogP contribution in [0.5, 0.6) is 0 Å². The first kappa shape index (κ1) is 19.8. The average Bonchev–Trinajstić information content (AvgIpc) is 3.30. The van der Waals surface area contributed by atoms with Gasteiger partial charge >= 0.3 is 5.97 Å². The van der Waals surface area contributed by atoms with Crippen molar-refractivity contribution < 1.29 is 9.53 Å². The molecule has 1 aromatic heterocycles. The monoisotopic (exact) mass is 372 g/mol. The van der Waals surface area contributed by atoms with Crippen LogP contribution in [0.25, 0.3) is 5.57 Å². The largest absolute Gasteiger partial charge is 0.462 e. The molecule has 0 amide bonds. The van der Waals surface area contributed by atoms with Crippen molar-refractivity contribution in [2.75, 3.05) is 0 Å². The molecule has 1 fully saturated rings. The highest BCUT2D eigenvalue weighted by Gasteiger charge is 2.45. The van der Waals surface area contributed by atoms with E-state index in [1.807, 2.05) is 36.9 Å². The smallest absolute Gasteiger partial charge is 0.327 e. The molecule has 2 aliphatic rings. The quantitative estimate of drug-likeness (QED) is 0.771. The zero-order valence-electron chi connectivity index (χ0n) is 17.1. The third-order valence-corrected chi connectivity index (χ3v) is 5.03. The second kappa shape index (κ2) is 7.23. The number of hydrogen-bond acceptors (Lipinski definition) is 5. The summed E-state index contributed by atoms with van der Waals surface area (Å²) in [6.45, 7) is 10.0. The number of carbonyl (C=O) groups is 1. The molecule has 1 heterocycles. The van der Waals surface area contributed by atoms with E-state index in [4.69, 9.17) is 10.5 Å². The maximum atomic E-state index is 12.9. The van der Waals surface area contributed by atoms with Gasteiger partial charge in [0.1, 0.15) is 11.2 Å². The van der Waals surface area contributed by atoms with E-state index in [9.17, 15) is 4.79 Å². The van der Waals surface area contributed by atoms with Crippen molar-refractivity contribution in [2.45, 2.75) is 78.0 Å². The third-order valence-electron chi connectivity index (χ3n) is 5.03. The predicted octanol–water partition coefficient (Wildman–Crippen LogP) is 3.66. The average molecular weight is 373 g/mol. The second-order valence-electron chi connectivity index (χ2n) is 9.41. The molecule has 6 nitrogen and oxygen atoms in total. The van der Waals surface area contributed by atoms with Crippen LogP contribution in [0.4, 0.5) is 0 Å². The molecule has 1 saturated carbocycles. The fourth-order valence-corrected chi connectivity index (χ4v) is 3.67. The summed E-state index contributed by atoms with van der Waals surface area (Å²) in [5.41, 5.74) is 7.47. The van der Waals surface area contributed by atoms with Gasteiger partial charge < -0.3 is 10.5 Å². The SMILES string of the molecule is CC(C)OC(=O)[C@@](N)(CC(C)(C)C)C1C=CC(c2cn(C3CC3)nn2)=CC1. The number of allylic oxidation sites excluding steroid dienone is 3. The zero-order valence-corrected chi connectivity index (χ0v) is 17.1. The lowest BCUT2D eigenvalue weighted by atomic mass is 9.70. The van der Waals surface area contributed by atoms with Crippen LogP contribution in [0.15, 0.2) is 24.4 Å². The van der Waals surface area contributed by atoms with Gasteiger partial charge in [0.15, 0.2) is 0 Å². The summed E-state index contributed by atoms with van der Waals surface area (Å²) in [6, 6.07) is 0.515. The number of ether oxygens (including phenoxy) is 1. The lowest BCUT2D eigenvalue weighted by Gasteiger charge is -2.39. The van der Waals surface area contributed by atoms with Gasteiger partial charge in [-0.3, -0.25) is 4.79 Å². The lowest BCUT2D eigenvalue weighted by Crippen LogP contribution is -2.57. The Hall–Kier alpha value is -1.95. The van der Waals surface area contributed by atoms with Crippen LogP contribution in [0, 0.1) is 11.3 Å². The molecule has 0 aromatic carbocycles. The van der Waals surface area contributed by atoms with E-state index in [-0.39, 0.29) is 23.4 Å². The summed E-state index contributed by atoms with van der Waals surface area (Å²) < 4.78 is 7.47. The van der Waals surface area contributed by atoms with Crippen molar-refractivity contribution in [1.29, 1.82) is 0 Å². The van der Waals surface area contributed by atoms with E-state index in [0.717, 1.165) is 11.3 Å². The van der Waals surface area contributed by atoms with Crippen molar-refractivity contribution in [2.24, 2.45) is 17.1 Å². The molecule has 1 aromatic rings. The van der Waals surface area contributed by atoms with Gasteiger partial charge in [0, 0.05) is 5.92 Å². The predicted molar refractivity (Wildman–Crippen MR) is 106 cm³/mol. The first-order valence-electron chi connectivity index (χ1n) is 9.89. The van der Waals surface area contributed by atoms with Crippen LogP contribution in [-0.2, 0) is 9.53 Å². The number of hydrogen-bond donors (Lipinski definition) is 1. The Morgan fingerprint density at radius 3 is 2.59 bits per heavy atom. The molecule has 2 N–H and O–H groups in total. The van der Waals surface area contributed by atoms with Crippen molar-refractivity contribution in [3.05, 3.63) is 30.1 Å². The van der Waals surface area contributed by atoms with E-state index < -0.39 is 5.54 Å². The molecule has 0 radical (unpaired) electrons. The molecule has 27 heavy (non-hydrogen) atoms. The fourth-order valence-electron chi connectivity index (χ4n) is 3.67. The Kier molecular flexibility index (Phi) is 5.30. The highest BCUT2D eigenvalue weighted by Crippen LogP contribution is 2.38. The molecular formula is C21H32N4O2. The number of rotatable bonds is 6. The fraction of sp³-hybridized carbons (Fsp3) is 0.667. The maximum absolute atomic E-state index is 12.9. The molecule has 0 spiro atoms. The standard InChI is InChI=1S/C21H32N4O2/c1-14(2)27-19(26)21(22,13-20(3,4)5)16-8-6-15(7-9-16)18-12-25(24-23-18)17-10-11-17/h6-8,12,14,16-17H,9-11,13,22H2,1-5H3/t16?,21-/m1/s1. The van der Waals surface area contributed by atoms with Crippen molar-refractivity contribution in [3.63, 3.8) is 0 Å². The molecule has 0 bridgehead atoms. The Bertz CT molecular complexity index is 752. The molecular weight excluding hydrogens is 340 g/mol. The minimum Gasteiger partial charge on any atom is -0.462 e. The van der Waals surface area contributed by atoms with E-state index in [0.29, 0.717) is 18.9 Å². The first-order valence-corrected chi connectivity index (χ1v) is 9.89. The van der Waals surface area contributed by atoms with Crippen LogP contribution >= 0.6 is 0 Å². The molecule has 2 atom stereocenters. The minimum atomic E-state index is -1.05. The van der Waals surface area contributed by atoms with Gasteiger partial charge in [-0.2, -0.15) is 0 Å².